The molecule has 0 aliphatic carbocycles. The summed E-state index contributed by atoms with van der Waals surface area (Å²) in [6.07, 6.45) is 0.602. The van der Waals surface area contributed by atoms with Gasteiger partial charge in [0.1, 0.15) is 5.75 Å². The van der Waals surface area contributed by atoms with Crippen molar-refractivity contribution in [3.8, 4) is 17.2 Å². The Balaban J connectivity index is 1.78. The van der Waals surface area contributed by atoms with Crippen molar-refractivity contribution in [2.75, 3.05) is 7.11 Å². The lowest BCUT2D eigenvalue weighted by Crippen LogP contribution is -1.89. The zero-order valence-corrected chi connectivity index (χ0v) is 13.0. The molecular formula is C16H13BrN2O2. The van der Waals surface area contributed by atoms with Gasteiger partial charge in [-0.05, 0) is 35.9 Å². The molecule has 0 atom stereocenters. The lowest BCUT2D eigenvalue weighted by atomic mass is 10.1. The van der Waals surface area contributed by atoms with E-state index in [-0.39, 0.29) is 0 Å². The number of methoxy groups -OCH3 is 1. The second-order valence-electron chi connectivity index (χ2n) is 4.54. The fourth-order valence-corrected chi connectivity index (χ4v) is 2.38. The minimum Gasteiger partial charge on any atom is -0.497 e. The van der Waals surface area contributed by atoms with Gasteiger partial charge in [0.25, 0.3) is 0 Å². The summed E-state index contributed by atoms with van der Waals surface area (Å²) in [5, 5.41) is 8.19. The maximum atomic E-state index is 5.71. The molecule has 0 saturated carbocycles. The average Bonchev–Trinajstić information content (AvgIpc) is 2.97. The molecule has 1 heterocycles. The quantitative estimate of drug-likeness (QED) is 0.714. The first-order valence-electron chi connectivity index (χ1n) is 6.46. The third-order valence-electron chi connectivity index (χ3n) is 3.05. The summed E-state index contributed by atoms with van der Waals surface area (Å²) in [6, 6.07) is 15.6. The van der Waals surface area contributed by atoms with Crippen LogP contribution in [0.15, 0.2) is 57.4 Å². The summed E-state index contributed by atoms with van der Waals surface area (Å²) in [5.41, 5.74) is 2.00. The molecule has 1 aromatic heterocycles. The Kier molecular flexibility index (Phi) is 4.01. The highest BCUT2D eigenvalue weighted by molar-refractivity contribution is 9.10. The van der Waals surface area contributed by atoms with Crippen molar-refractivity contribution in [2.24, 2.45) is 0 Å². The highest BCUT2D eigenvalue weighted by Crippen LogP contribution is 2.22. The summed E-state index contributed by atoms with van der Waals surface area (Å²) in [6.45, 7) is 0. The molecule has 0 spiro atoms. The van der Waals surface area contributed by atoms with Gasteiger partial charge < -0.3 is 9.15 Å². The van der Waals surface area contributed by atoms with Gasteiger partial charge in [0.2, 0.25) is 11.8 Å². The molecule has 0 saturated heterocycles. The molecule has 0 aliphatic heterocycles. The first-order valence-corrected chi connectivity index (χ1v) is 7.25. The van der Waals surface area contributed by atoms with Crippen LogP contribution in [0.1, 0.15) is 11.5 Å². The Labute approximate surface area is 130 Å². The molecular weight excluding hydrogens is 332 g/mol. The molecule has 3 rings (SSSR count). The summed E-state index contributed by atoms with van der Waals surface area (Å²) < 4.78 is 11.8. The molecule has 0 N–H and O–H groups in total. The number of aromatic nitrogens is 2. The Hall–Kier alpha value is -2.14. The van der Waals surface area contributed by atoms with Gasteiger partial charge >= 0.3 is 0 Å². The Bertz CT molecular complexity index is 738. The van der Waals surface area contributed by atoms with E-state index in [1.54, 1.807) is 7.11 Å². The van der Waals surface area contributed by atoms with Gasteiger partial charge in [-0.3, -0.25) is 0 Å². The third kappa shape index (κ3) is 3.31. The van der Waals surface area contributed by atoms with E-state index in [1.807, 2.05) is 48.5 Å². The lowest BCUT2D eigenvalue weighted by molar-refractivity contribution is 0.414. The number of halogens is 1. The summed E-state index contributed by atoms with van der Waals surface area (Å²) in [4.78, 5) is 0. The van der Waals surface area contributed by atoms with Crippen LogP contribution in [0.3, 0.4) is 0 Å². The molecule has 0 unspecified atom stereocenters. The maximum Gasteiger partial charge on any atom is 0.247 e. The van der Waals surface area contributed by atoms with Crippen LogP contribution in [-0.2, 0) is 6.42 Å². The van der Waals surface area contributed by atoms with Crippen LogP contribution in [0.4, 0.5) is 0 Å². The summed E-state index contributed by atoms with van der Waals surface area (Å²) in [5.74, 6) is 1.95. The van der Waals surface area contributed by atoms with Crippen molar-refractivity contribution in [2.45, 2.75) is 6.42 Å². The van der Waals surface area contributed by atoms with E-state index in [2.05, 4.69) is 26.1 Å². The van der Waals surface area contributed by atoms with Gasteiger partial charge in [0.15, 0.2) is 0 Å². The normalized spacial score (nSPS) is 10.6. The van der Waals surface area contributed by atoms with Gasteiger partial charge in [0, 0.05) is 10.0 Å². The van der Waals surface area contributed by atoms with Crippen LogP contribution in [0.25, 0.3) is 11.5 Å². The smallest absolute Gasteiger partial charge is 0.247 e. The first-order chi connectivity index (χ1) is 10.2. The van der Waals surface area contributed by atoms with Gasteiger partial charge in [-0.1, -0.05) is 34.1 Å². The highest BCUT2D eigenvalue weighted by atomic mass is 79.9. The van der Waals surface area contributed by atoms with Gasteiger partial charge in [-0.15, -0.1) is 10.2 Å². The molecule has 0 fully saturated rings. The van der Waals surface area contributed by atoms with Crippen molar-refractivity contribution in [3.05, 3.63) is 64.5 Å². The lowest BCUT2D eigenvalue weighted by Gasteiger charge is -2.00. The van der Waals surface area contributed by atoms with E-state index in [9.17, 15) is 0 Å². The van der Waals surface area contributed by atoms with Crippen molar-refractivity contribution in [3.63, 3.8) is 0 Å². The largest absolute Gasteiger partial charge is 0.497 e. The molecule has 106 valence electrons. The van der Waals surface area contributed by atoms with Crippen LogP contribution < -0.4 is 4.74 Å². The number of nitrogens with zero attached hydrogens (tertiary/aromatic N) is 2. The molecule has 0 bridgehead atoms. The Morgan fingerprint density at radius 3 is 2.62 bits per heavy atom. The van der Waals surface area contributed by atoms with Gasteiger partial charge in [-0.25, -0.2) is 0 Å². The summed E-state index contributed by atoms with van der Waals surface area (Å²) >= 11 is 3.43. The zero-order valence-electron chi connectivity index (χ0n) is 11.4. The predicted octanol–water partition coefficient (Wildman–Crippen LogP) is 4.10. The van der Waals surface area contributed by atoms with E-state index in [4.69, 9.17) is 9.15 Å². The molecule has 4 nitrogen and oxygen atoms in total. The molecule has 21 heavy (non-hydrogen) atoms. The van der Waals surface area contributed by atoms with E-state index >= 15 is 0 Å². The number of ether oxygens (including phenoxy) is 1. The van der Waals surface area contributed by atoms with Crippen LogP contribution >= 0.6 is 15.9 Å². The fourth-order valence-electron chi connectivity index (χ4n) is 1.98. The van der Waals surface area contributed by atoms with E-state index in [1.165, 1.54) is 0 Å². The molecule has 0 radical (unpaired) electrons. The van der Waals surface area contributed by atoms with Crippen LogP contribution in [0, 0.1) is 0 Å². The SMILES string of the molecule is COc1ccc(Cc2nnc(-c3cccc(Br)c3)o2)cc1. The topological polar surface area (TPSA) is 48.2 Å². The zero-order chi connectivity index (χ0) is 14.7. The minimum absolute atomic E-state index is 0.528. The van der Waals surface area contributed by atoms with Crippen molar-refractivity contribution in [1.82, 2.24) is 10.2 Å². The molecule has 3 aromatic rings. The Morgan fingerprint density at radius 1 is 1.10 bits per heavy atom. The van der Waals surface area contributed by atoms with E-state index in [0.717, 1.165) is 21.3 Å². The van der Waals surface area contributed by atoms with E-state index in [0.29, 0.717) is 18.2 Å². The number of hydrogen-bond donors (Lipinski definition) is 0. The second kappa shape index (κ2) is 6.10. The minimum atomic E-state index is 0.528. The monoisotopic (exact) mass is 344 g/mol. The maximum absolute atomic E-state index is 5.71. The Morgan fingerprint density at radius 2 is 1.90 bits per heavy atom. The molecule has 2 aromatic carbocycles. The fraction of sp³-hybridized carbons (Fsp3) is 0.125. The van der Waals surface area contributed by atoms with Crippen molar-refractivity contribution in [1.29, 1.82) is 0 Å². The molecule has 0 amide bonds. The molecule has 0 aliphatic rings. The van der Waals surface area contributed by atoms with Crippen LogP contribution in [0.5, 0.6) is 5.75 Å². The van der Waals surface area contributed by atoms with Crippen molar-refractivity contribution >= 4 is 15.9 Å². The highest BCUT2D eigenvalue weighted by Gasteiger charge is 2.09. The van der Waals surface area contributed by atoms with E-state index < -0.39 is 0 Å². The second-order valence-corrected chi connectivity index (χ2v) is 5.45. The summed E-state index contributed by atoms with van der Waals surface area (Å²) in [7, 11) is 1.65. The van der Waals surface area contributed by atoms with Crippen LogP contribution in [0.2, 0.25) is 0 Å². The number of hydrogen-bond acceptors (Lipinski definition) is 4. The van der Waals surface area contributed by atoms with Gasteiger partial charge in [0.05, 0.1) is 13.5 Å². The number of benzene rings is 2. The van der Waals surface area contributed by atoms with Gasteiger partial charge in [-0.2, -0.15) is 0 Å². The predicted molar refractivity (Wildman–Crippen MR) is 83.2 cm³/mol. The third-order valence-corrected chi connectivity index (χ3v) is 3.55. The first kappa shape index (κ1) is 13.8. The number of rotatable bonds is 4. The van der Waals surface area contributed by atoms with Crippen LogP contribution in [-0.4, -0.2) is 17.3 Å². The standard InChI is InChI=1S/C16H13BrN2O2/c1-20-14-7-5-11(6-8-14)9-15-18-19-16(21-15)12-3-2-4-13(17)10-12/h2-8,10H,9H2,1H3. The molecule has 5 heteroatoms. The van der Waals surface area contributed by atoms with Crippen molar-refractivity contribution < 1.29 is 9.15 Å². The average molecular weight is 345 g/mol.